The van der Waals surface area contributed by atoms with Gasteiger partial charge < -0.3 is 15.8 Å². The van der Waals surface area contributed by atoms with Gasteiger partial charge in [-0.25, -0.2) is 0 Å². The third-order valence-corrected chi connectivity index (χ3v) is 3.21. The van der Waals surface area contributed by atoms with Gasteiger partial charge in [0.25, 0.3) is 5.91 Å². The van der Waals surface area contributed by atoms with Gasteiger partial charge in [0.1, 0.15) is 5.75 Å². The van der Waals surface area contributed by atoms with E-state index in [0.717, 1.165) is 6.42 Å². The maximum Gasteiger partial charge on any atom is 0.278 e. The summed E-state index contributed by atoms with van der Waals surface area (Å²) in [5, 5.41) is 9.35. The highest BCUT2D eigenvalue weighted by Crippen LogP contribution is 2.21. The second kappa shape index (κ2) is 6.30. The van der Waals surface area contributed by atoms with Crippen LogP contribution < -0.4 is 15.8 Å². The zero-order valence-electron chi connectivity index (χ0n) is 12.4. The number of rotatable bonds is 5. The third kappa shape index (κ3) is 3.53. The number of hydrogen-bond donors (Lipinski definition) is 3. The Bertz CT molecular complexity index is 636. The molecule has 0 bridgehead atoms. The second-order valence-electron chi connectivity index (χ2n) is 4.93. The minimum absolute atomic E-state index is 0.126. The molecule has 1 atom stereocenters. The van der Waals surface area contributed by atoms with Crippen LogP contribution in [0, 0.1) is 6.92 Å². The Morgan fingerprint density at radius 2 is 2.29 bits per heavy atom. The van der Waals surface area contributed by atoms with E-state index in [4.69, 9.17) is 10.5 Å². The number of anilines is 2. The van der Waals surface area contributed by atoms with Crippen molar-refractivity contribution in [3.05, 3.63) is 35.7 Å². The SMILES string of the molecule is CCC(C)Oc1cccc(NC(=O)c2n[nH]c(C)c2N)c1. The van der Waals surface area contributed by atoms with Crippen LogP contribution in [0.2, 0.25) is 0 Å². The lowest BCUT2D eigenvalue weighted by atomic mass is 10.2. The lowest BCUT2D eigenvalue weighted by molar-refractivity contribution is 0.102. The average molecular weight is 288 g/mol. The zero-order chi connectivity index (χ0) is 15.4. The molecule has 1 aromatic carbocycles. The molecule has 21 heavy (non-hydrogen) atoms. The lowest BCUT2D eigenvalue weighted by Crippen LogP contribution is -2.15. The third-order valence-electron chi connectivity index (χ3n) is 3.21. The molecular weight excluding hydrogens is 268 g/mol. The van der Waals surface area contributed by atoms with Gasteiger partial charge in [0, 0.05) is 11.8 Å². The van der Waals surface area contributed by atoms with E-state index < -0.39 is 0 Å². The Morgan fingerprint density at radius 3 is 2.90 bits per heavy atom. The van der Waals surface area contributed by atoms with Gasteiger partial charge in [-0.3, -0.25) is 9.89 Å². The van der Waals surface area contributed by atoms with Gasteiger partial charge in [0.2, 0.25) is 0 Å². The van der Waals surface area contributed by atoms with Crippen LogP contribution >= 0.6 is 0 Å². The number of hydrogen-bond acceptors (Lipinski definition) is 4. The van der Waals surface area contributed by atoms with Crippen LogP contribution in [0.4, 0.5) is 11.4 Å². The zero-order valence-corrected chi connectivity index (χ0v) is 12.4. The van der Waals surface area contributed by atoms with Crippen LogP contribution in [-0.4, -0.2) is 22.2 Å². The summed E-state index contributed by atoms with van der Waals surface area (Å²) in [5.74, 6) is 0.367. The monoisotopic (exact) mass is 288 g/mol. The molecule has 0 spiro atoms. The minimum atomic E-state index is -0.350. The fourth-order valence-electron chi connectivity index (χ4n) is 1.76. The first-order valence-electron chi connectivity index (χ1n) is 6.89. The molecule has 1 heterocycles. The Hall–Kier alpha value is -2.50. The molecule has 4 N–H and O–H groups in total. The standard InChI is InChI=1S/C15H20N4O2/c1-4-9(2)21-12-7-5-6-11(8-12)17-15(20)14-13(16)10(3)18-19-14/h5-9H,4,16H2,1-3H3,(H,17,20)(H,18,19). The van der Waals surface area contributed by atoms with Gasteiger partial charge in [-0.05, 0) is 32.4 Å². The highest BCUT2D eigenvalue weighted by molar-refractivity contribution is 6.06. The van der Waals surface area contributed by atoms with E-state index >= 15 is 0 Å². The number of aryl methyl sites for hydroxylation is 1. The molecular formula is C15H20N4O2. The van der Waals surface area contributed by atoms with Crippen molar-refractivity contribution < 1.29 is 9.53 Å². The summed E-state index contributed by atoms with van der Waals surface area (Å²) < 4.78 is 5.72. The van der Waals surface area contributed by atoms with Crippen molar-refractivity contribution in [1.29, 1.82) is 0 Å². The number of aromatic amines is 1. The van der Waals surface area contributed by atoms with Gasteiger partial charge in [-0.2, -0.15) is 5.10 Å². The van der Waals surface area contributed by atoms with Gasteiger partial charge in [-0.1, -0.05) is 13.0 Å². The first-order chi connectivity index (χ1) is 10.0. The molecule has 1 unspecified atom stereocenters. The van der Waals surface area contributed by atoms with Crippen molar-refractivity contribution in [3.63, 3.8) is 0 Å². The van der Waals surface area contributed by atoms with E-state index in [1.165, 1.54) is 0 Å². The van der Waals surface area contributed by atoms with Gasteiger partial charge >= 0.3 is 0 Å². The van der Waals surface area contributed by atoms with Crippen molar-refractivity contribution in [2.45, 2.75) is 33.3 Å². The Morgan fingerprint density at radius 1 is 1.52 bits per heavy atom. The van der Waals surface area contributed by atoms with Crippen molar-refractivity contribution in [2.24, 2.45) is 0 Å². The molecule has 0 radical (unpaired) electrons. The summed E-state index contributed by atoms with van der Waals surface area (Å²) in [5.41, 5.74) is 7.66. The molecule has 0 aliphatic heterocycles. The largest absolute Gasteiger partial charge is 0.491 e. The van der Waals surface area contributed by atoms with Crippen molar-refractivity contribution in [2.75, 3.05) is 11.1 Å². The number of nitrogens with two attached hydrogens (primary N) is 1. The smallest absolute Gasteiger partial charge is 0.278 e. The Labute approximate surface area is 123 Å². The molecule has 2 aromatic rings. The summed E-state index contributed by atoms with van der Waals surface area (Å²) in [6.45, 7) is 5.82. The van der Waals surface area contributed by atoms with E-state index in [9.17, 15) is 4.79 Å². The number of carbonyl (C=O) groups is 1. The summed E-state index contributed by atoms with van der Waals surface area (Å²) in [4.78, 5) is 12.1. The molecule has 0 saturated heterocycles. The van der Waals surface area contributed by atoms with Crippen molar-refractivity contribution in [1.82, 2.24) is 10.2 Å². The number of benzene rings is 1. The number of nitrogens with zero attached hydrogens (tertiary/aromatic N) is 1. The minimum Gasteiger partial charge on any atom is -0.491 e. The van der Waals surface area contributed by atoms with E-state index in [1.54, 1.807) is 19.1 Å². The number of aromatic nitrogens is 2. The maximum atomic E-state index is 12.1. The normalized spacial score (nSPS) is 12.0. The topological polar surface area (TPSA) is 93.0 Å². The van der Waals surface area contributed by atoms with E-state index in [1.807, 2.05) is 19.1 Å². The molecule has 1 amide bonds. The molecule has 0 saturated carbocycles. The second-order valence-corrected chi connectivity index (χ2v) is 4.93. The average Bonchev–Trinajstić information content (AvgIpc) is 2.79. The highest BCUT2D eigenvalue weighted by Gasteiger charge is 2.15. The number of carbonyl (C=O) groups excluding carboxylic acids is 1. The number of nitrogens with one attached hydrogen (secondary N) is 2. The maximum absolute atomic E-state index is 12.1. The van der Waals surface area contributed by atoms with Crippen LogP contribution in [0.25, 0.3) is 0 Å². The van der Waals surface area contributed by atoms with E-state index in [2.05, 4.69) is 22.4 Å². The molecule has 1 aromatic heterocycles. The van der Waals surface area contributed by atoms with Gasteiger partial charge in [-0.15, -0.1) is 0 Å². The summed E-state index contributed by atoms with van der Waals surface area (Å²) >= 11 is 0. The van der Waals surface area contributed by atoms with Crippen LogP contribution in [-0.2, 0) is 0 Å². The predicted molar refractivity (Wildman–Crippen MR) is 82.5 cm³/mol. The summed E-state index contributed by atoms with van der Waals surface area (Å²) in [7, 11) is 0. The van der Waals surface area contributed by atoms with Crippen molar-refractivity contribution >= 4 is 17.3 Å². The highest BCUT2D eigenvalue weighted by atomic mass is 16.5. The van der Waals surface area contributed by atoms with Gasteiger partial charge in [0.05, 0.1) is 17.5 Å². The first kappa shape index (κ1) is 14.9. The van der Waals surface area contributed by atoms with E-state index in [0.29, 0.717) is 22.8 Å². The van der Waals surface area contributed by atoms with E-state index in [-0.39, 0.29) is 17.7 Å². The molecule has 0 fully saturated rings. The van der Waals surface area contributed by atoms with Crippen LogP contribution in [0.3, 0.4) is 0 Å². The predicted octanol–water partition coefficient (Wildman–Crippen LogP) is 2.73. The quantitative estimate of drug-likeness (QED) is 0.788. The molecule has 6 heteroatoms. The molecule has 2 rings (SSSR count). The van der Waals surface area contributed by atoms with Crippen LogP contribution in [0.5, 0.6) is 5.75 Å². The van der Waals surface area contributed by atoms with Crippen LogP contribution in [0.15, 0.2) is 24.3 Å². The molecule has 0 aliphatic rings. The number of amides is 1. The summed E-state index contributed by atoms with van der Waals surface area (Å²) in [6, 6.07) is 7.25. The number of ether oxygens (including phenoxy) is 1. The van der Waals surface area contributed by atoms with Crippen molar-refractivity contribution in [3.8, 4) is 5.75 Å². The number of nitrogen functional groups attached to an aromatic ring is 1. The molecule has 0 aliphatic carbocycles. The lowest BCUT2D eigenvalue weighted by Gasteiger charge is -2.13. The summed E-state index contributed by atoms with van der Waals surface area (Å²) in [6.07, 6.45) is 1.04. The first-order valence-corrected chi connectivity index (χ1v) is 6.89. The molecule has 6 nitrogen and oxygen atoms in total. The Balaban J connectivity index is 2.11. The fraction of sp³-hybridized carbons (Fsp3) is 0.333. The number of H-pyrrole nitrogens is 1. The van der Waals surface area contributed by atoms with Crippen LogP contribution in [0.1, 0.15) is 36.5 Å². The Kier molecular flexibility index (Phi) is 4.47. The molecule has 112 valence electrons. The fourth-order valence-corrected chi connectivity index (χ4v) is 1.76. The van der Waals surface area contributed by atoms with Gasteiger partial charge in [0.15, 0.2) is 5.69 Å².